The summed E-state index contributed by atoms with van der Waals surface area (Å²) in [7, 11) is 0. The van der Waals surface area contributed by atoms with Crippen molar-refractivity contribution in [1.82, 2.24) is 4.98 Å². The number of aryl methyl sites for hydroxylation is 3. The van der Waals surface area contributed by atoms with Gasteiger partial charge >= 0.3 is 0 Å². The maximum Gasteiger partial charge on any atom is 0.128 e. The highest BCUT2D eigenvalue weighted by atomic mass is 35.5. The standard InChI is InChI=1S/C33H35ClFN3/c1-5-23-8-13-31(37-17-23)38-18-26(19-38)29-12-7-24(16-30(29)34)6-11-28(22(4)25-9-10-25)33(36)32-20(2)14-27(35)15-21(32)3/h5,7-8,12-17,25-26,36H,1,6,9-11,18-19H2,2-4H3/b28-22+,36-33?. The SMILES string of the molecule is C=Cc1ccc(N2CC(c3ccc(CC/C(C(=N)c4c(C)cc(F)cc4C)=C(/C)C4CC4)cc3Cl)C2)nc1. The first-order valence-corrected chi connectivity index (χ1v) is 13.8. The first-order chi connectivity index (χ1) is 18.2. The van der Waals surface area contributed by atoms with Gasteiger partial charge in [0.2, 0.25) is 0 Å². The van der Waals surface area contributed by atoms with Crippen LogP contribution >= 0.6 is 11.6 Å². The van der Waals surface area contributed by atoms with Crippen LogP contribution in [0.15, 0.2) is 66.4 Å². The Balaban J connectivity index is 1.28. The van der Waals surface area contributed by atoms with Gasteiger partial charge in [-0.1, -0.05) is 42.0 Å². The molecule has 3 aromatic rings. The van der Waals surface area contributed by atoms with Crippen LogP contribution in [0.1, 0.15) is 65.5 Å². The van der Waals surface area contributed by atoms with Crippen LogP contribution in [0, 0.1) is 31.0 Å². The van der Waals surface area contributed by atoms with E-state index in [-0.39, 0.29) is 5.82 Å². The molecule has 1 N–H and O–H groups in total. The second-order valence-corrected chi connectivity index (χ2v) is 11.2. The summed E-state index contributed by atoms with van der Waals surface area (Å²) >= 11 is 6.79. The molecule has 196 valence electrons. The van der Waals surface area contributed by atoms with E-state index in [0.717, 1.165) is 64.6 Å². The molecule has 1 saturated heterocycles. The minimum atomic E-state index is -0.243. The number of anilines is 1. The normalized spacial score (nSPS) is 16.2. The van der Waals surface area contributed by atoms with Crippen molar-refractivity contribution in [3.8, 4) is 0 Å². The lowest BCUT2D eigenvalue weighted by Crippen LogP contribution is -2.45. The zero-order chi connectivity index (χ0) is 27.0. The maximum absolute atomic E-state index is 13.9. The molecule has 5 heteroatoms. The van der Waals surface area contributed by atoms with E-state index >= 15 is 0 Å². The molecular formula is C33H35ClFN3. The predicted octanol–water partition coefficient (Wildman–Crippen LogP) is 8.46. The van der Waals surface area contributed by atoms with E-state index < -0.39 is 0 Å². The van der Waals surface area contributed by atoms with E-state index in [1.54, 1.807) is 6.08 Å². The zero-order valence-electron chi connectivity index (χ0n) is 22.5. The number of aromatic nitrogens is 1. The van der Waals surface area contributed by atoms with Crippen molar-refractivity contribution >= 4 is 29.2 Å². The van der Waals surface area contributed by atoms with Crippen LogP contribution in [0.4, 0.5) is 10.2 Å². The quantitative estimate of drug-likeness (QED) is 0.283. The van der Waals surface area contributed by atoms with Crippen LogP contribution in [-0.4, -0.2) is 23.8 Å². The molecule has 0 unspecified atom stereocenters. The summed E-state index contributed by atoms with van der Waals surface area (Å²) in [5, 5.41) is 9.93. The summed E-state index contributed by atoms with van der Waals surface area (Å²) in [5.41, 5.74) is 8.83. The molecule has 38 heavy (non-hydrogen) atoms. The average Bonchev–Trinajstić information content (AvgIpc) is 3.70. The molecule has 0 amide bonds. The van der Waals surface area contributed by atoms with Gasteiger partial charge in [0.05, 0.1) is 5.71 Å². The molecule has 0 spiro atoms. The Morgan fingerprint density at radius 1 is 1.13 bits per heavy atom. The first-order valence-electron chi connectivity index (χ1n) is 13.4. The highest BCUT2D eigenvalue weighted by molar-refractivity contribution is 6.31. The summed E-state index contributed by atoms with van der Waals surface area (Å²) in [6, 6.07) is 13.6. The van der Waals surface area contributed by atoms with Gasteiger partial charge in [-0.2, -0.15) is 0 Å². The number of halogens is 2. The summed E-state index contributed by atoms with van der Waals surface area (Å²) in [6.07, 6.45) is 7.63. The van der Waals surface area contributed by atoms with Crippen molar-refractivity contribution in [3.63, 3.8) is 0 Å². The van der Waals surface area contributed by atoms with Gasteiger partial charge in [0.15, 0.2) is 0 Å². The third kappa shape index (κ3) is 5.47. The maximum atomic E-state index is 13.9. The Morgan fingerprint density at radius 2 is 1.84 bits per heavy atom. The summed E-state index contributed by atoms with van der Waals surface area (Å²) in [4.78, 5) is 6.81. The number of benzene rings is 2. The number of rotatable bonds is 9. The zero-order valence-corrected chi connectivity index (χ0v) is 23.2. The molecular weight excluding hydrogens is 493 g/mol. The molecule has 1 aliphatic carbocycles. The molecule has 5 rings (SSSR count). The number of nitrogens with one attached hydrogen (secondary N) is 1. The monoisotopic (exact) mass is 527 g/mol. The molecule has 2 aliphatic rings. The molecule has 0 radical (unpaired) electrons. The fourth-order valence-corrected chi connectivity index (χ4v) is 5.99. The molecule has 3 nitrogen and oxygen atoms in total. The van der Waals surface area contributed by atoms with Crippen LogP contribution in [0.2, 0.25) is 5.02 Å². The number of allylic oxidation sites excluding steroid dienone is 2. The second-order valence-electron chi connectivity index (χ2n) is 10.8. The van der Waals surface area contributed by atoms with Crippen LogP contribution in [0.5, 0.6) is 0 Å². The number of hydrogen-bond acceptors (Lipinski definition) is 3. The van der Waals surface area contributed by atoms with Crippen LogP contribution in [0.25, 0.3) is 6.08 Å². The molecule has 2 fully saturated rings. The average molecular weight is 528 g/mol. The highest BCUT2D eigenvalue weighted by Crippen LogP contribution is 2.40. The Kier molecular flexibility index (Phi) is 7.54. The third-order valence-corrected chi connectivity index (χ3v) is 8.42. The number of nitrogens with zero attached hydrogens (tertiary/aromatic N) is 2. The van der Waals surface area contributed by atoms with Crippen LogP contribution in [0.3, 0.4) is 0 Å². The molecule has 1 aliphatic heterocycles. The van der Waals surface area contributed by atoms with Crippen molar-refractivity contribution in [2.24, 2.45) is 5.92 Å². The van der Waals surface area contributed by atoms with Gasteiger partial charge in [-0.25, -0.2) is 9.37 Å². The van der Waals surface area contributed by atoms with E-state index in [0.29, 0.717) is 17.5 Å². The second kappa shape index (κ2) is 10.9. The Bertz CT molecular complexity index is 1390. The van der Waals surface area contributed by atoms with Crippen LogP contribution in [-0.2, 0) is 6.42 Å². The number of hydrogen-bond donors (Lipinski definition) is 1. The van der Waals surface area contributed by atoms with E-state index in [9.17, 15) is 4.39 Å². The van der Waals surface area contributed by atoms with Crippen molar-refractivity contribution in [3.05, 3.63) is 111 Å². The minimum Gasteiger partial charge on any atom is -0.355 e. The predicted molar refractivity (Wildman–Crippen MR) is 157 cm³/mol. The highest BCUT2D eigenvalue weighted by Gasteiger charge is 2.31. The van der Waals surface area contributed by atoms with Crippen molar-refractivity contribution in [2.75, 3.05) is 18.0 Å². The smallest absolute Gasteiger partial charge is 0.128 e. The van der Waals surface area contributed by atoms with Gasteiger partial charge < -0.3 is 4.90 Å². The molecule has 0 bridgehead atoms. The molecule has 0 atom stereocenters. The van der Waals surface area contributed by atoms with Gasteiger partial charge in [0.25, 0.3) is 0 Å². The Morgan fingerprint density at radius 3 is 2.42 bits per heavy atom. The fraction of sp³-hybridized carbons (Fsp3) is 0.333. The Labute approximate surface area is 230 Å². The fourth-order valence-electron chi connectivity index (χ4n) is 5.63. The van der Waals surface area contributed by atoms with Gasteiger partial charge in [-0.05, 0) is 116 Å². The van der Waals surface area contributed by atoms with Crippen molar-refractivity contribution < 1.29 is 4.39 Å². The van der Waals surface area contributed by atoms with Gasteiger partial charge in [-0.15, -0.1) is 0 Å². The van der Waals surface area contributed by atoms with Crippen molar-refractivity contribution in [2.45, 2.75) is 52.4 Å². The first kappa shape index (κ1) is 26.4. The van der Waals surface area contributed by atoms with Crippen LogP contribution < -0.4 is 4.90 Å². The minimum absolute atomic E-state index is 0.243. The lowest BCUT2D eigenvalue weighted by Gasteiger charge is -2.40. The third-order valence-electron chi connectivity index (χ3n) is 8.10. The lowest BCUT2D eigenvalue weighted by atomic mass is 9.87. The number of pyridine rings is 1. The van der Waals surface area contributed by atoms with E-state index in [1.807, 2.05) is 32.2 Å². The molecule has 1 aromatic heterocycles. The largest absolute Gasteiger partial charge is 0.355 e. The van der Waals surface area contributed by atoms with Gasteiger partial charge in [-0.3, -0.25) is 5.41 Å². The lowest BCUT2D eigenvalue weighted by molar-refractivity contribution is 0.520. The Hall–Kier alpha value is -3.24. The summed E-state index contributed by atoms with van der Waals surface area (Å²) in [6.45, 7) is 11.6. The van der Waals surface area contributed by atoms with E-state index in [1.165, 1.54) is 41.7 Å². The van der Waals surface area contributed by atoms with E-state index in [4.69, 9.17) is 17.0 Å². The molecule has 2 heterocycles. The van der Waals surface area contributed by atoms with Gasteiger partial charge in [0, 0.05) is 35.8 Å². The topological polar surface area (TPSA) is 40.0 Å². The van der Waals surface area contributed by atoms with E-state index in [2.05, 4.69) is 41.6 Å². The molecule has 1 saturated carbocycles. The molecule has 2 aromatic carbocycles. The summed E-state index contributed by atoms with van der Waals surface area (Å²) < 4.78 is 13.9. The summed E-state index contributed by atoms with van der Waals surface area (Å²) in [5.74, 6) is 1.70. The van der Waals surface area contributed by atoms with Crippen molar-refractivity contribution in [1.29, 1.82) is 5.41 Å². The van der Waals surface area contributed by atoms with Gasteiger partial charge in [0.1, 0.15) is 11.6 Å².